The lowest BCUT2D eigenvalue weighted by Crippen LogP contribution is -2.23. The second-order valence-electron chi connectivity index (χ2n) is 6.65. The Morgan fingerprint density at radius 3 is 2.52 bits per heavy atom. The van der Waals surface area contributed by atoms with E-state index in [1.807, 2.05) is 49.5 Å². The average Bonchev–Trinajstić information content (AvgIpc) is 3.16. The van der Waals surface area contributed by atoms with Crippen LogP contribution in [0.3, 0.4) is 0 Å². The second-order valence-corrected chi connectivity index (χ2v) is 7.53. The molecule has 0 radical (unpaired) electrons. The van der Waals surface area contributed by atoms with E-state index in [9.17, 15) is 0 Å². The molecule has 7 nitrogen and oxygen atoms in total. The standard InChI is InChI=1S/C19H23N7S/c1-27-17-11-22-19(23-12-17)25-15-4-3-14(9-15)24-18-6-5-16(10-21-18)26-8-2-7-20-13-26/h2,5-7,10-15H,3-4,8-9H2,1H3,(H,21,24)(H,22,23,25)/t14-,15-/m0/s1. The molecule has 0 aromatic carbocycles. The highest BCUT2D eigenvalue weighted by molar-refractivity contribution is 7.98. The van der Waals surface area contributed by atoms with Crippen LogP contribution >= 0.6 is 11.8 Å². The van der Waals surface area contributed by atoms with Crippen LogP contribution in [0.2, 0.25) is 0 Å². The summed E-state index contributed by atoms with van der Waals surface area (Å²) in [6.45, 7) is 0.827. The summed E-state index contributed by atoms with van der Waals surface area (Å²) >= 11 is 1.65. The van der Waals surface area contributed by atoms with Gasteiger partial charge in [-0.2, -0.15) is 0 Å². The second kappa shape index (κ2) is 8.39. The van der Waals surface area contributed by atoms with Gasteiger partial charge in [0.2, 0.25) is 5.95 Å². The van der Waals surface area contributed by atoms with E-state index in [-0.39, 0.29) is 0 Å². The summed E-state index contributed by atoms with van der Waals surface area (Å²) in [5, 5.41) is 6.98. The SMILES string of the molecule is CSc1cnc(N[C@H]2CC[C@H](Nc3ccc(N4C=NC=CC4)cn3)C2)nc1. The molecule has 2 atom stereocenters. The lowest BCUT2D eigenvalue weighted by Gasteiger charge is -2.20. The van der Waals surface area contributed by atoms with Crippen LogP contribution in [-0.4, -0.2) is 46.2 Å². The molecule has 2 aromatic heterocycles. The van der Waals surface area contributed by atoms with Gasteiger partial charge in [0.15, 0.2) is 0 Å². The van der Waals surface area contributed by atoms with E-state index < -0.39 is 0 Å². The monoisotopic (exact) mass is 381 g/mol. The average molecular weight is 382 g/mol. The van der Waals surface area contributed by atoms with Crippen molar-refractivity contribution in [3.8, 4) is 0 Å². The number of aromatic nitrogens is 3. The van der Waals surface area contributed by atoms with Crippen molar-refractivity contribution in [3.05, 3.63) is 43.0 Å². The highest BCUT2D eigenvalue weighted by Crippen LogP contribution is 2.25. The minimum absolute atomic E-state index is 0.387. The first-order valence-electron chi connectivity index (χ1n) is 9.10. The summed E-state index contributed by atoms with van der Waals surface area (Å²) in [5.41, 5.74) is 1.05. The zero-order valence-electron chi connectivity index (χ0n) is 15.2. The summed E-state index contributed by atoms with van der Waals surface area (Å²) < 4.78 is 0. The van der Waals surface area contributed by atoms with Gasteiger partial charge < -0.3 is 15.5 Å². The maximum absolute atomic E-state index is 4.56. The topological polar surface area (TPSA) is 78.3 Å². The number of hydrogen-bond donors (Lipinski definition) is 2. The van der Waals surface area contributed by atoms with Gasteiger partial charge in [-0.05, 0) is 43.7 Å². The Kier molecular flexibility index (Phi) is 5.53. The van der Waals surface area contributed by atoms with Gasteiger partial charge >= 0.3 is 0 Å². The molecule has 1 aliphatic carbocycles. The Hall–Kier alpha value is -2.61. The number of anilines is 3. The van der Waals surface area contributed by atoms with Crippen LogP contribution < -0.4 is 15.5 Å². The zero-order valence-corrected chi connectivity index (χ0v) is 16.1. The number of rotatable bonds is 6. The molecule has 4 rings (SSSR count). The summed E-state index contributed by atoms with van der Waals surface area (Å²) in [7, 11) is 0. The number of thioether (sulfide) groups is 1. The number of pyridine rings is 1. The molecule has 1 aliphatic heterocycles. The van der Waals surface area contributed by atoms with E-state index in [4.69, 9.17) is 0 Å². The fourth-order valence-corrected chi connectivity index (χ4v) is 3.65. The minimum atomic E-state index is 0.387. The van der Waals surface area contributed by atoms with E-state index in [1.165, 1.54) is 0 Å². The molecule has 0 saturated heterocycles. The predicted octanol–water partition coefficient (Wildman–Crippen LogP) is 3.40. The van der Waals surface area contributed by atoms with E-state index in [0.717, 1.165) is 42.2 Å². The van der Waals surface area contributed by atoms with Gasteiger partial charge in [-0.25, -0.2) is 19.9 Å². The molecule has 27 heavy (non-hydrogen) atoms. The highest BCUT2D eigenvalue weighted by Gasteiger charge is 2.25. The molecule has 1 saturated carbocycles. The summed E-state index contributed by atoms with van der Waals surface area (Å²) in [4.78, 5) is 20.6. The number of nitrogens with zero attached hydrogens (tertiary/aromatic N) is 5. The van der Waals surface area contributed by atoms with Crippen molar-refractivity contribution in [2.45, 2.75) is 36.2 Å². The lowest BCUT2D eigenvalue weighted by atomic mass is 10.2. The first-order chi connectivity index (χ1) is 13.3. The first kappa shape index (κ1) is 17.8. The summed E-state index contributed by atoms with van der Waals surface area (Å²) in [6, 6.07) is 4.91. The molecule has 0 spiro atoms. The van der Waals surface area contributed by atoms with Gasteiger partial charge in [0, 0.05) is 42.1 Å². The first-order valence-corrected chi connectivity index (χ1v) is 10.3. The van der Waals surface area contributed by atoms with E-state index in [0.29, 0.717) is 18.0 Å². The number of aliphatic imine (C=N–C) groups is 1. The van der Waals surface area contributed by atoms with Crippen LogP contribution in [0.5, 0.6) is 0 Å². The lowest BCUT2D eigenvalue weighted by molar-refractivity contribution is 0.716. The van der Waals surface area contributed by atoms with Gasteiger partial charge in [0.05, 0.1) is 18.2 Å². The molecule has 3 heterocycles. The van der Waals surface area contributed by atoms with E-state index >= 15 is 0 Å². The van der Waals surface area contributed by atoms with Crippen LogP contribution in [0.4, 0.5) is 17.5 Å². The van der Waals surface area contributed by atoms with Crippen molar-refractivity contribution in [2.24, 2.45) is 4.99 Å². The van der Waals surface area contributed by atoms with Crippen LogP contribution in [0.15, 0.2) is 52.9 Å². The maximum atomic E-state index is 4.56. The Bertz CT molecular complexity index is 804. The summed E-state index contributed by atoms with van der Waals surface area (Å²) in [5.74, 6) is 1.62. The van der Waals surface area contributed by atoms with Crippen molar-refractivity contribution in [1.29, 1.82) is 0 Å². The quantitative estimate of drug-likeness (QED) is 0.743. The molecule has 0 bridgehead atoms. The molecule has 8 heteroatoms. The number of nitrogens with one attached hydrogen (secondary N) is 2. The van der Waals surface area contributed by atoms with Crippen LogP contribution in [0, 0.1) is 0 Å². The largest absolute Gasteiger partial charge is 0.367 e. The zero-order chi connectivity index (χ0) is 18.5. The number of hydrogen-bond acceptors (Lipinski definition) is 8. The molecule has 2 aliphatic rings. The predicted molar refractivity (Wildman–Crippen MR) is 112 cm³/mol. The molecule has 0 amide bonds. The van der Waals surface area contributed by atoms with Crippen LogP contribution in [0.25, 0.3) is 0 Å². The molecule has 1 fully saturated rings. The Labute approximate surface area is 163 Å². The minimum Gasteiger partial charge on any atom is -0.367 e. The van der Waals surface area contributed by atoms with Crippen molar-refractivity contribution in [3.63, 3.8) is 0 Å². The van der Waals surface area contributed by atoms with Crippen molar-refractivity contribution >= 4 is 35.6 Å². The Balaban J connectivity index is 1.29. The Morgan fingerprint density at radius 1 is 1.04 bits per heavy atom. The highest BCUT2D eigenvalue weighted by atomic mass is 32.2. The molecular formula is C19H23N7S. The van der Waals surface area contributed by atoms with Gasteiger partial charge in [-0.3, -0.25) is 0 Å². The molecular weight excluding hydrogens is 358 g/mol. The van der Waals surface area contributed by atoms with Crippen molar-refractivity contribution in [1.82, 2.24) is 15.0 Å². The molecule has 2 N–H and O–H groups in total. The smallest absolute Gasteiger partial charge is 0.222 e. The van der Waals surface area contributed by atoms with Crippen molar-refractivity contribution < 1.29 is 0 Å². The maximum Gasteiger partial charge on any atom is 0.222 e. The third-order valence-corrected chi connectivity index (χ3v) is 5.44. The van der Waals surface area contributed by atoms with Crippen LogP contribution in [-0.2, 0) is 0 Å². The van der Waals surface area contributed by atoms with Crippen LogP contribution in [0.1, 0.15) is 19.3 Å². The van der Waals surface area contributed by atoms with Crippen molar-refractivity contribution in [2.75, 3.05) is 28.3 Å². The molecule has 140 valence electrons. The third kappa shape index (κ3) is 4.57. The van der Waals surface area contributed by atoms with Gasteiger partial charge in [0.25, 0.3) is 0 Å². The third-order valence-electron chi connectivity index (χ3n) is 4.76. The van der Waals surface area contributed by atoms with Gasteiger partial charge in [-0.15, -0.1) is 11.8 Å². The summed E-state index contributed by atoms with van der Waals surface area (Å²) in [6.07, 6.45) is 16.5. The van der Waals surface area contributed by atoms with E-state index in [2.05, 4.69) is 41.5 Å². The van der Waals surface area contributed by atoms with Gasteiger partial charge in [-0.1, -0.05) is 0 Å². The normalized spacial score (nSPS) is 21.4. The van der Waals surface area contributed by atoms with Gasteiger partial charge in [0.1, 0.15) is 5.82 Å². The Morgan fingerprint density at radius 2 is 1.85 bits per heavy atom. The molecule has 0 unspecified atom stereocenters. The molecule has 2 aromatic rings. The fourth-order valence-electron chi connectivity index (χ4n) is 3.33. The van der Waals surface area contributed by atoms with E-state index in [1.54, 1.807) is 11.8 Å². The fraction of sp³-hybridized carbons (Fsp3) is 0.368.